The van der Waals surface area contributed by atoms with E-state index in [1.54, 1.807) is 6.26 Å². The normalized spacial score (nSPS) is 13.7. The molecule has 0 saturated carbocycles. The SMILES string of the molecule is CC(C)N[C@H](C)Cc1ccco1. The molecule has 1 heterocycles. The molecule has 1 aromatic heterocycles. The lowest BCUT2D eigenvalue weighted by Crippen LogP contribution is -2.33. The molecule has 0 aliphatic rings. The van der Waals surface area contributed by atoms with E-state index in [0.717, 1.165) is 12.2 Å². The lowest BCUT2D eigenvalue weighted by Gasteiger charge is -2.15. The van der Waals surface area contributed by atoms with Crippen molar-refractivity contribution in [2.45, 2.75) is 39.3 Å². The summed E-state index contributed by atoms with van der Waals surface area (Å²) in [4.78, 5) is 0. The molecular formula is C10H17NO. The van der Waals surface area contributed by atoms with Crippen LogP contribution in [0.2, 0.25) is 0 Å². The van der Waals surface area contributed by atoms with Gasteiger partial charge in [-0.25, -0.2) is 0 Å². The van der Waals surface area contributed by atoms with Crippen LogP contribution < -0.4 is 5.32 Å². The monoisotopic (exact) mass is 167 g/mol. The van der Waals surface area contributed by atoms with Crippen LogP contribution in [0.3, 0.4) is 0 Å². The number of nitrogens with one attached hydrogen (secondary N) is 1. The van der Waals surface area contributed by atoms with Crippen molar-refractivity contribution in [1.82, 2.24) is 5.32 Å². The van der Waals surface area contributed by atoms with Gasteiger partial charge in [-0.2, -0.15) is 0 Å². The van der Waals surface area contributed by atoms with Crippen molar-refractivity contribution in [3.8, 4) is 0 Å². The Morgan fingerprint density at radius 2 is 2.17 bits per heavy atom. The van der Waals surface area contributed by atoms with Gasteiger partial charge in [-0.05, 0) is 19.1 Å². The van der Waals surface area contributed by atoms with Crippen molar-refractivity contribution in [2.75, 3.05) is 0 Å². The predicted molar refractivity (Wildman–Crippen MR) is 50.1 cm³/mol. The van der Waals surface area contributed by atoms with Gasteiger partial charge in [-0.1, -0.05) is 13.8 Å². The van der Waals surface area contributed by atoms with Crippen LogP contribution in [-0.2, 0) is 6.42 Å². The molecule has 1 aromatic rings. The third kappa shape index (κ3) is 3.09. The minimum absolute atomic E-state index is 0.483. The summed E-state index contributed by atoms with van der Waals surface area (Å²) in [5.74, 6) is 1.05. The average Bonchev–Trinajstić information content (AvgIpc) is 2.37. The van der Waals surface area contributed by atoms with Crippen molar-refractivity contribution < 1.29 is 4.42 Å². The molecule has 0 spiro atoms. The molecule has 2 nitrogen and oxygen atoms in total. The summed E-state index contributed by atoms with van der Waals surface area (Å²) in [6.45, 7) is 6.47. The van der Waals surface area contributed by atoms with E-state index in [2.05, 4.69) is 26.1 Å². The topological polar surface area (TPSA) is 25.2 Å². The van der Waals surface area contributed by atoms with Gasteiger partial charge in [0.2, 0.25) is 0 Å². The first-order chi connectivity index (χ1) is 5.68. The Morgan fingerprint density at radius 3 is 2.67 bits per heavy atom. The summed E-state index contributed by atoms with van der Waals surface area (Å²) in [7, 11) is 0. The average molecular weight is 167 g/mol. The molecule has 1 atom stereocenters. The van der Waals surface area contributed by atoms with Gasteiger partial charge in [0.05, 0.1) is 6.26 Å². The van der Waals surface area contributed by atoms with E-state index < -0.39 is 0 Å². The standard InChI is InChI=1S/C10H17NO/c1-8(2)11-9(3)7-10-5-4-6-12-10/h4-6,8-9,11H,7H2,1-3H3/t9-/m1/s1. The van der Waals surface area contributed by atoms with Crippen LogP contribution in [0.5, 0.6) is 0 Å². The summed E-state index contributed by atoms with van der Waals surface area (Å²) in [6, 6.07) is 4.96. The van der Waals surface area contributed by atoms with Gasteiger partial charge in [0.1, 0.15) is 5.76 Å². The zero-order chi connectivity index (χ0) is 8.97. The largest absolute Gasteiger partial charge is 0.469 e. The molecule has 1 N–H and O–H groups in total. The Kier molecular flexibility index (Phi) is 3.35. The molecule has 0 bridgehead atoms. The van der Waals surface area contributed by atoms with E-state index in [-0.39, 0.29) is 0 Å². The minimum Gasteiger partial charge on any atom is -0.469 e. The highest BCUT2D eigenvalue weighted by Crippen LogP contribution is 2.03. The maximum absolute atomic E-state index is 5.25. The Balaban J connectivity index is 2.32. The third-order valence-corrected chi connectivity index (χ3v) is 1.71. The molecule has 0 aromatic carbocycles. The van der Waals surface area contributed by atoms with E-state index in [1.807, 2.05) is 12.1 Å². The van der Waals surface area contributed by atoms with E-state index in [4.69, 9.17) is 4.42 Å². The first-order valence-electron chi connectivity index (χ1n) is 4.47. The molecule has 0 fully saturated rings. The highest BCUT2D eigenvalue weighted by molar-refractivity contribution is 4.99. The first-order valence-corrected chi connectivity index (χ1v) is 4.47. The molecule has 0 aliphatic heterocycles. The molecule has 0 radical (unpaired) electrons. The minimum atomic E-state index is 0.483. The fourth-order valence-electron chi connectivity index (χ4n) is 1.36. The Bertz CT molecular complexity index is 204. The number of rotatable bonds is 4. The highest BCUT2D eigenvalue weighted by Gasteiger charge is 2.05. The maximum Gasteiger partial charge on any atom is 0.105 e. The van der Waals surface area contributed by atoms with Crippen molar-refractivity contribution >= 4 is 0 Å². The van der Waals surface area contributed by atoms with Crippen LogP contribution in [0.25, 0.3) is 0 Å². The number of hydrogen-bond donors (Lipinski definition) is 1. The van der Waals surface area contributed by atoms with Gasteiger partial charge < -0.3 is 9.73 Å². The quantitative estimate of drug-likeness (QED) is 0.743. The van der Waals surface area contributed by atoms with Crippen LogP contribution in [0.4, 0.5) is 0 Å². The molecule has 12 heavy (non-hydrogen) atoms. The summed E-state index contributed by atoms with van der Waals surface area (Å²) in [5.41, 5.74) is 0. The Labute approximate surface area is 74.0 Å². The summed E-state index contributed by atoms with van der Waals surface area (Å²) < 4.78 is 5.25. The zero-order valence-electron chi connectivity index (χ0n) is 8.00. The Morgan fingerprint density at radius 1 is 1.42 bits per heavy atom. The molecule has 0 unspecified atom stereocenters. The van der Waals surface area contributed by atoms with E-state index in [9.17, 15) is 0 Å². The van der Waals surface area contributed by atoms with Gasteiger partial charge >= 0.3 is 0 Å². The van der Waals surface area contributed by atoms with Crippen LogP contribution in [0, 0.1) is 0 Å². The van der Waals surface area contributed by atoms with Crippen molar-refractivity contribution in [2.24, 2.45) is 0 Å². The van der Waals surface area contributed by atoms with Gasteiger partial charge in [0.25, 0.3) is 0 Å². The lowest BCUT2D eigenvalue weighted by atomic mass is 10.2. The molecule has 2 heteroatoms. The molecule has 0 aliphatic carbocycles. The first kappa shape index (κ1) is 9.33. The molecule has 68 valence electrons. The van der Waals surface area contributed by atoms with Crippen molar-refractivity contribution in [1.29, 1.82) is 0 Å². The summed E-state index contributed by atoms with van der Waals surface area (Å²) in [6.07, 6.45) is 2.68. The summed E-state index contributed by atoms with van der Waals surface area (Å²) >= 11 is 0. The lowest BCUT2D eigenvalue weighted by molar-refractivity contribution is 0.434. The smallest absolute Gasteiger partial charge is 0.105 e. The number of furan rings is 1. The highest BCUT2D eigenvalue weighted by atomic mass is 16.3. The van der Waals surface area contributed by atoms with Gasteiger partial charge in [0.15, 0.2) is 0 Å². The number of hydrogen-bond acceptors (Lipinski definition) is 2. The second-order valence-corrected chi connectivity index (χ2v) is 3.51. The molecule has 0 amide bonds. The fourth-order valence-corrected chi connectivity index (χ4v) is 1.36. The second-order valence-electron chi connectivity index (χ2n) is 3.51. The van der Waals surface area contributed by atoms with E-state index in [0.29, 0.717) is 12.1 Å². The Hall–Kier alpha value is -0.760. The van der Waals surface area contributed by atoms with Crippen LogP contribution in [0.15, 0.2) is 22.8 Å². The fraction of sp³-hybridized carbons (Fsp3) is 0.600. The maximum atomic E-state index is 5.25. The predicted octanol–water partition coefficient (Wildman–Crippen LogP) is 2.21. The van der Waals surface area contributed by atoms with Gasteiger partial charge in [-0.15, -0.1) is 0 Å². The van der Waals surface area contributed by atoms with Gasteiger partial charge in [0, 0.05) is 18.5 Å². The van der Waals surface area contributed by atoms with Crippen molar-refractivity contribution in [3.63, 3.8) is 0 Å². The van der Waals surface area contributed by atoms with Crippen molar-refractivity contribution in [3.05, 3.63) is 24.2 Å². The van der Waals surface area contributed by atoms with Crippen LogP contribution in [0.1, 0.15) is 26.5 Å². The summed E-state index contributed by atoms with van der Waals surface area (Å²) in [5, 5.41) is 3.42. The van der Waals surface area contributed by atoms with Crippen LogP contribution >= 0.6 is 0 Å². The zero-order valence-corrected chi connectivity index (χ0v) is 8.00. The molecular weight excluding hydrogens is 150 g/mol. The van der Waals surface area contributed by atoms with Crippen LogP contribution in [-0.4, -0.2) is 12.1 Å². The molecule has 1 rings (SSSR count). The third-order valence-electron chi connectivity index (χ3n) is 1.71. The van der Waals surface area contributed by atoms with E-state index >= 15 is 0 Å². The van der Waals surface area contributed by atoms with E-state index in [1.165, 1.54) is 0 Å². The second kappa shape index (κ2) is 4.31. The molecule has 0 saturated heterocycles. The van der Waals surface area contributed by atoms with Gasteiger partial charge in [-0.3, -0.25) is 0 Å².